The van der Waals surface area contributed by atoms with Gasteiger partial charge in [0.25, 0.3) is 0 Å². The van der Waals surface area contributed by atoms with Crippen molar-refractivity contribution in [3.8, 4) is 11.5 Å². The van der Waals surface area contributed by atoms with E-state index >= 15 is 0 Å². The summed E-state index contributed by atoms with van der Waals surface area (Å²) in [7, 11) is 0. The minimum atomic E-state index is -4.43. The molecule has 0 amide bonds. The van der Waals surface area contributed by atoms with Gasteiger partial charge in [0.15, 0.2) is 11.5 Å². The zero-order chi connectivity index (χ0) is 14.3. The summed E-state index contributed by atoms with van der Waals surface area (Å²) >= 11 is 0. The van der Waals surface area contributed by atoms with Crippen LogP contribution in [0.25, 0.3) is 17.2 Å². The smallest absolute Gasteiger partial charge is 0.384 e. The molecule has 0 atom stereocenters. The molecule has 0 radical (unpaired) electrons. The number of fused-ring (bicyclic) bond motifs is 1. The molecule has 0 saturated carbocycles. The number of alkyl halides is 3. The zero-order valence-electron chi connectivity index (χ0n) is 9.96. The lowest BCUT2D eigenvalue weighted by atomic mass is 10.2. The van der Waals surface area contributed by atoms with E-state index in [4.69, 9.17) is 5.73 Å². The van der Waals surface area contributed by atoms with Gasteiger partial charge in [0.2, 0.25) is 0 Å². The number of aromatic nitrogens is 4. The van der Waals surface area contributed by atoms with Crippen LogP contribution >= 0.6 is 0 Å². The normalized spacial score (nSPS) is 11.9. The van der Waals surface area contributed by atoms with Crippen LogP contribution in [0.4, 0.5) is 19.0 Å². The molecule has 8 heteroatoms. The highest BCUT2D eigenvalue weighted by molar-refractivity contribution is 5.57. The first kappa shape index (κ1) is 12.4. The van der Waals surface area contributed by atoms with Gasteiger partial charge in [0.05, 0.1) is 5.56 Å². The molecule has 0 saturated heterocycles. The average molecular weight is 279 g/mol. The second kappa shape index (κ2) is 4.19. The summed E-state index contributed by atoms with van der Waals surface area (Å²) in [5.74, 6) is 0.463. The first-order valence-corrected chi connectivity index (χ1v) is 5.60. The van der Waals surface area contributed by atoms with Gasteiger partial charge in [-0.3, -0.25) is 4.40 Å². The largest absolute Gasteiger partial charge is 0.417 e. The van der Waals surface area contributed by atoms with Gasteiger partial charge in [-0.1, -0.05) is 6.07 Å². The van der Waals surface area contributed by atoms with E-state index in [-0.39, 0.29) is 11.6 Å². The Labute approximate surface area is 110 Å². The first-order valence-electron chi connectivity index (χ1n) is 5.60. The standard InChI is InChI=1S/C12H8F3N5/c13-12(14,15)7-4-5-10-18-19-11(20(10)6-7)8-2-1-3-9(16)17-8/h1-6H,(H2,16,17). The van der Waals surface area contributed by atoms with Gasteiger partial charge < -0.3 is 5.73 Å². The highest BCUT2D eigenvalue weighted by Gasteiger charge is 2.31. The average Bonchev–Trinajstić information content (AvgIpc) is 2.80. The lowest BCUT2D eigenvalue weighted by molar-refractivity contribution is -0.137. The summed E-state index contributed by atoms with van der Waals surface area (Å²) in [4.78, 5) is 4.03. The molecule has 0 bridgehead atoms. The van der Waals surface area contributed by atoms with Gasteiger partial charge in [-0.2, -0.15) is 13.2 Å². The number of rotatable bonds is 1. The first-order chi connectivity index (χ1) is 9.45. The molecule has 0 fully saturated rings. The summed E-state index contributed by atoms with van der Waals surface area (Å²) in [6.45, 7) is 0. The molecule has 0 aromatic carbocycles. The number of nitrogens with two attached hydrogens (primary N) is 1. The molecule has 0 aliphatic rings. The number of pyridine rings is 2. The number of nitrogens with zero attached hydrogens (tertiary/aromatic N) is 4. The molecule has 0 unspecified atom stereocenters. The molecule has 3 rings (SSSR count). The Kier molecular flexibility index (Phi) is 2.60. The predicted molar refractivity (Wildman–Crippen MR) is 65.6 cm³/mol. The van der Waals surface area contributed by atoms with Crippen LogP contribution in [0.1, 0.15) is 5.56 Å². The van der Waals surface area contributed by atoms with E-state index in [1.165, 1.54) is 10.5 Å². The van der Waals surface area contributed by atoms with E-state index in [0.717, 1.165) is 12.3 Å². The summed E-state index contributed by atoms with van der Waals surface area (Å²) in [5, 5.41) is 7.67. The lowest BCUT2D eigenvalue weighted by Gasteiger charge is -2.07. The Balaban J connectivity index is 2.22. The van der Waals surface area contributed by atoms with E-state index in [0.29, 0.717) is 11.3 Å². The Morgan fingerprint density at radius 2 is 1.85 bits per heavy atom. The van der Waals surface area contributed by atoms with Gasteiger partial charge in [-0.15, -0.1) is 10.2 Å². The molecule has 3 aromatic rings. The second-order valence-corrected chi connectivity index (χ2v) is 4.12. The van der Waals surface area contributed by atoms with Crippen molar-refractivity contribution >= 4 is 11.5 Å². The Morgan fingerprint density at radius 3 is 2.55 bits per heavy atom. The maximum absolute atomic E-state index is 12.7. The van der Waals surface area contributed by atoms with Gasteiger partial charge >= 0.3 is 6.18 Å². The maximum atomic E-state index is 12.7. The number of nitrogen functional groups attached to an aromatic ring is 1. The van der Waals surface area contributed by atoms with E-state index in [2.05, 4.69) is 15.2 Å². The molecular weight excluding hydrogens is 271 g/mol. The van der Waals surface area contributed by atoms with Crippen molar-refractivity contribution in [2.24, 2.45) is 0 Å². The minimum Gasteiger partial charge on any atom is -0.384 e. The fourth-order valence-corrected chi connectivity index (χ4v) is 1.81. The number of halogens is 3. The molecule has 20 heavy (non-hydrogen) atoms. The third-order valence-corrected chi connectivity index (χ3v) is 2.73. The molecule has 0 aliphatic heterocycles. The van der Waals surface area contributed by atoms with Gasteiger partial charge in [-0.25, -0.2) is 4.98 Å². The van der Waals surface area contributed by atoms with Crippen LogP contribution in [0.2, 0.25) is 0 Å². The summed E-state index contributed by atoms with van der Waals surface area (Å²) in [5.41, 5.74) is 5.44. The quantitative estimate of drug-likeness (QED) is 0.742. The van der Waals surface area contributed by atoms with Crippen LogP contribution in [0.3, 0.4) is 0 Å². The van der Waals surface area contributed by atoms with Crippen molar-refractivity contribution in [1.29, 1.82) is 0 Å². The van der Waals surface area contributed by atoms with Crippen molar-refractivity contribution < 1.29 is 13.2 Å². The molecule has 0 aliphatic carbocycles. The highest BCUT2D eigenvalue weighted by Crippen LogP contribution is 2.30. The fraction of sp³-hybridized carbons (Fsp3) is 0.0833. The van der Waals surface area contributed by atoms with Crippen LogP contribution in [0.15, 0.2) is 36.5 Å². The van der Waals surface area contributed by atoms with Crippen molar-refractivity contribution in [1.82, 2.24) is 19.6 Å². The molecule has 102 valence electrons. The highest BCUT2D eigenvalue weighted by atomic mass is 19.4. The summed E-state index contributed by atoms with van der Waals surface area (Å²) in [6, 6.07) is 7.04. The predicted octanol–water partition coefficient (Wildman–Crippen LogP) is 2.39. The Bertz CT molecular complexity index is 778. The van der Waals surface area contributed by atoms with E-state index in [1.807, 2.05) is 0 Å². The monoisotopic (exact) mass is 279 g/mol. The van der Waals surface area contributed by atoms with Crippen LogP contribution in [-0.4, -0.2) is 19.6 Å². The maximum Gasteiger partial charge on any atom is 0.417 e. The molecule has 3 aromatic heterocycles. The Hall–Kier alpha value is -2.64. The van der Waals surface area contributed by atoms with Crippen molar-refractivity contribution in [3.05, 3.63) is 42.1 Å². The van der Waals surface area contributed by atoms with E-state index < -0.39 is 11.7 Å². The SMILES string of the molecule is Nc1cccc(-c2nnc3ccc(C(F)(F)F)cn23)n1. The molecular formula is C12H8F3N5. The third-order valence-electron chi connectivity index (χ3n) is 2.73. The number of hydrogen-bond donors (Lipinski definition) is 1. The van der Waals surface area contributed by atoms with Crippen molar-refractivity contribution in [2.75, 3.05) is 5.73 Å². The van der Waals surface area contributed by atoms with Gasteiger partial charge in [0.1, 0.15) is 11.5 Å². The molecule has 5 nitrogen and oxygen atoms in total. The number of hydrogen-bond acceptors (Lipinski definition) is 4. The Morgan fingerprint density at radius 1 is 1.05 bits per heavy atom. The molecule has 0 spiro atoms. The van der Waals surface area contributed by atoms with Crippen LogP contribution in [0, 0.1) is 0 Å². The van der Waals surface area contributed by atoms with Crippen molar-refractivity contribution in [3.63, 3.8) is 0 Å². The van der Waals surface area contributed by atoms with E-state index in [1.54, 1.807) is 18.2 Å². The third kappa shape index (κ3) is 2.04. The summed E-state index contributed by atoms with van der Waals surface area (Å²) in [6.07, 6.45) is -3.49. The van der Waals surface area contributed by atoms with E-state index in [9.17, 15) is 13.2 Å². The van der Waals surface area contributed by atoms with Gasteiger partial charge in [-0.05, 0) is 24.3 Å². The minimum absolute atomic E-state index is 0.207. The van der Waals surface area contributed by atoms with Crippen LogP contribution < -0.4 is 5.73 Å². The zero-order valence-corrected chi connectivity index (χ0v) is 9.96. The lowest BCUT2D eigenvalue weighted by Crippen LogP contribution is -2.06. The second-order valence-electron chi connectivity index (χ2n) is 4.12. The van der Waals surface area contributed by atoms with Crippen molar-refractivity contribution in [2.45, 2.75) is 6.18 Å². The summed E-state index contributed by atoms with van der Waals surface area (Å²) < 4.78 is 39.4. The topological polar surface area (TPSA) is 69.1 Å². The van der Waals surface area contributed by atoms with Crippen LogP contribution in [0.5, 0.6) is 0 Å². The van der Waals surface area contributed by atoms with Crippen LogP contribution in [-0.2, 0) is 6.18 Å². The van der Waals surface area contributed by atoms with Gasteiger partial charge in [0, 0.05) is 6.20 Å². The fourth-order valence-electron chi connectivity index (χ4n) is 1.81. The molecule has 2 N–H and O–H groups in total. The number of anilines is 1. The molecule has 3 heterocycles.